The first-order valence-corrected chi connectivity index (χ1v) is 7.55. The summed E-state index contributed by atoms with van der Waals surface area (Å²) >= 11 is 1.15. The molecular formula is C14H16N2O4S. The van der Waals surface area contributed by atoms with Crippen molar-refractivity contribution in [2.45, 2.75) is 31.9 Å². The van der Waals surface area contributed by atoms with Crippen LogP contribution in [0.2, 0.25) is 0 Å². The van der Waals surface area contributed by atoms with Crippen molar-refractivity contribution in [3.63, 3.8) is 0 Å². The lowest BCUT2D eigenvalue weighted by Gasteiger charge is -2.19. The molecule has 0 N–H and O–H groups in total. The first-order valence-electron chi connectivity index (χ1n) is 6.67. The molecule has 1 aromatic carbocycles. The van der Waals surface area contributed by atoms with E-state index in [0.29, 0.717) is 18.7 Å². The van der Waals surface area contributed by atoms with Gasteiger partial charge >= 0.3 is 0 Å². The molecule has 1 saturated heterocycles. The van der Waals surface area contributed by atoms with E-state index in [1.807, 2.05) is 6.92 Å². The van der Waals surface area contributed by atoms with Gasteiger partial charge in [-0.1, -0.05) is 24.8 Å². The summed E-state index contributed by atoms with van der Waals surface area (Å²) in [6, 6.07) is 4.58. The molecule has 1 fully saturated rings. The van der Waals surface area contributed by atoms with E-state index < -0.39 is 4.92 Å². The van der Waals surface area contributed by atoms with Crippen LogP contribution in [0.3, 0.4) is 0 Å². The summed E-state index contributed by atoms with van der Waals surface area (Å²) in [4.78, 5) is 35.3. The Bertz CT molecular complexity index is 603. The number of non-ortho nitro benzene ring substituents is 1. The molecule has 0 radical (unpaired) electrons. The van der Waals surface area contributed by atoms with Gasteiger partial charge in [0.2, 0.25) is 5.91 Å². The molecule has 1 unspecified atom stereocenters. The molecule has 0 saturated carbocycles. The number of thioether (sulfide) groups is 1. The van der Waals surface area contributed by atoms with Crippen molar-refractivity contribution in [2.75, 3.05) is 11.4 Å². The minimum atomic E-state index is -0.467. The quantitative estimate of drug-likeness (QED) is 0.630. The second kappa shape index (κ2) is 6.26. The van der Waals surface area contributed by atoms with Crippen molar-refractivity contribution in [2.24, 2.45) is 0 Å². The van der Waals surface area contributed by atoms with Crippen LogP contribution < -0.4 is 4.90 Å². The topological polar surface area (TPSA) is 80.5 Å². The normalized spacial score (nSPS) is 18.1. The number of amides is 1. The van der Waals surface area contributed by atoms with E-state index in [9.17, 15) is 19.7 Å². The first-order chi connectivity index (χ1) is 9.92. The summed E-state index contributed by atoms with van der Waals surface area (Å²) in [5, 5.41) is 10.8. The Morgan fingerprint density at radius 3 is 2.81 bits per heavy atom. The molecule has 6 nitrogen and oxygen atoms in total. The van der Waals surface area contributed by atoms with Gasteiger partial charge in [-0.05, 0) is 12.0 Å². The lowest BCUT2D eigenvalue weighted by molar-refractivity contribution is -0.384. The SMILES string of the molecule is CCc1ccc([N+](=O)[O-])cc1N1CC(SC(C)=O)CC1=O. The maximum atomic E-state index is 12.1. The number of nitro benzene ring substituents is 1. The monoisotopic (exact) mass is 308 g/mol. The third-order valence-electron chi connectivity index (χ3n) is 3.37. The lowest BCUT2D eigenvalue weighted by Crippen LogP contribution is -2.26. The maximum absolute atomic E-state index is 12.1. The molecule has 7 heteroatoms. The van der Waals surface area contributed by atoms with Gasteiger partial charge in [0.05, 0.1) is 10.6 Å². The third-order valence-corrected chi connectivity index (χ3v) is 4.35. The fourth-order valence-electron chi connectivity index (χ4n) is 2.44. The van der Waals surface area contributed by atoms with Crippen molar-refractivity contribution in [3.8, 4) is 0 Å². The summed E-state index contributed by atoms with van der Waals surface area (Å²) in [6.45, 7) is 3.83. The first kappa shape index (κ1) is 15.5. The average molecular weight is 308 g/mol. The van der Waals surface area contributed by atoms with E-state index >= 15 is 0 Å². The number of nitro groups is 1. The predicted molar refractivity (Wildman–Crippen MR) is 81.5 cm³/mol. The predicted octanol–water partition coefficient (Wildman–Crippen LogP) is 2.54. The summed E-state index contributed by atoms with van der Waals surface area (Å²) in [6.07, 6.45) is 0.970. The van der Waals surface area contributed by atoms with E-state index in [-0.39, 0.29) is 28.4 Å². The molecule has 21 heavy (non-hydrogen) atoms. The average Bonchev–Trinajstić information content (AvgIpc) is 2.77. The Labute approximate surface area is 126 Å². The Kier molecular flexibility index (Phi) is 4.62. The molecule has 112 valence electrons. The van der Waals surface area contributed by atoms with Gasteiger partial charge in [0.25, 0.3) is 5.69 Å². The Morgan fingerprint density at radius 2 is 2.24 bits per heavy atom. The fraction of sp³-hybridized carbons (Fsp3) is 0.429. The standard InChI is InChI=1S/C14H16N2O4S/c1-3-10-4-5-11(16(19)20)6-13(10)15-8-12(7-14(15)18)21-9(2)17/h4-6,12H,3,7-8H2,1-2H3. The second-order valence-electron chi connectivity index (χ2n) is 4.86. The van der Waals surface area contributed by atoms with Crippen LogP contribution in [-0.2, 0) is 16.0 Å². The molecule has 1 heterocycles. The highest BCUT2D eigenvalue weighted by molar-refractivity contribution is 8.14. The van der Waals surface area contributed by atoms with Crippen molar-refractivity contribution in [1.29, 1.82) is 0 Å². The summed E-state index contributed by atoms with van der Waals surface area (Å²) in [5.74, 6) is -0.0936. The van der Waals surface area contributed by atoms with Gasteiger partial charge in [-0.2, -0.15) is 0 Å². The zero-order valence-electron chi connectivity index (χ0n) is 11.9. The smallest absolute Gasteiger partial charge is 0.271 e. The molecule has 2 rings (SSSR count). The molecule has 1 aliphatic rings. The van der Waals surface area contributed by atoms with Crippen LogP contribution in [0.4, 0.5) is 11.4 Å². The molecule has 1 amide bonds. The molecule has 0 aliphatic carbocycles. The van der Waals surface area contributed by atoms with Gasteiger partial charge in [0, 0.05) is 37.3 Å². The molecule has 1 aliphatic heterocycles. The molecule has 0 bridgehead atoms. The number of hydrogen-bond acceptors (Lipinski definition) is 5. The maximum Gasteiger partial charge on any atom is 0.271 e. The fourth-order valence-corrected chi connectivity index (χ4v) is 3.36. The van der Waals surface area contributed by atoms with Crippen molar-refractivity contribution >= 4 is 34.2 Å². The highest BCUT2D eigenvalue weighted by Crippen LogP contribution is 2.33. The minimum Gasteiger partial charge on any atom is -0.311 e. The van der Waals surface area contributed by atoms with Crippen molar-refractivity contribution < 1.29 is 14.5 Å². The summed E-state index contributed by atoms with van der Waals surface area (Å²) < 4.78 is 0. The Morgan fingerprint density at radius 1 is 1.52 bits per heavy atom. The van der Waals surface area contributed by atoms with Crippen LogP contribution in [0.1, 0.15) is 25.8 Å². The van der Waals surface area contributed by atoms with Crippen molar-refractivity contribution in [3.05, 3.63) is 33.9 Å². The summed E-state index contributed by atoms with van der Waals surface area (Å²) in [5.41, 5.74) is 1.45. The number of nitrogens with zero attached hydrogens (tertiary/aromatic N) is 2. The summed E-state index contributed by atoms with van der Waals surface area (Å²) in [7, 11) is 0. The molecule has 1 atom stereocenters. The van der Waals surface area contributed by atoms with Crippen LogP contribution in [0.25, 0.3) is 0 Å². The number of aryl methyl sites for hydroxylation is 1. The number of rotatable bonds is 4. The zero-order valence-corrected chi connectivity index (χ0v) is 12.7. The Hall–Kier alpha value is -1.89. The van der Waals surface area contributed by atoms with Crippen LogP contribution in [-0.4, -0.2) is 27.7 Å². The van der Waals surface area contributed by atoms with Gasteiger partial charge in [0.15, 0.2) is 5.12 Å². The van der Waals surface area contributed by atoms with Crippen LogP contribution in [0, 0.1) is 10.1 Å². The van der Waals surface area contributed by atoms with E-state index in [2.05, 4.69) is 0 Å². The van der Waals surface area contributed by atoms with Gasteiger partial charge in [0.1, 0.15) is 0 Å². The number of hydrogen-bond donors (Lipinski definition) is 0. The van der Waals surface area contributed by atoms with Gasteiger partial charge in [-0.25, -0.2) is 0 Å². The zero-order chi connectivity index (χ0) is 15.6. The number of carbonyl (C=O) groups excluding carboxylic acids is 2. The van der Waals surface area contributed by atoms with Gasteiger partial charge in [-0.15, -0.1) is 0 Å². The van der Waals surface area contributed by atoms with Gasteiger partial charge < -0.3 is 4.90 Å². The third kappa shape index (κ3) is 3.41. The van der Waals surface area contributed by atoms with Crippen molar-refractivity contribution in [1.82, 2.24) is 0 Å². The van der Waals surface area contributed by atoms with Crippen LogP contribution in [0.5, 0.6) is 0 Å². The van der Waals surface area contributed by atoms with Crippen LogP contribution >= 0.6 is 11.8 Å². The Balaban J connectivity index is 2.32. The van der Waals surface area contributed by atoms with E-state index in [1.54, 1.807) is 11.0 Å². The largest absolute Gasteiger partial charge is 0.311 e. The highest BCUT2D eigenvalue weighted by Gasteiger charge is 2.33. The molecule has 0 aromatic heterocycles. The number of anilines is 1. The second-order valence-corrected chi connectivity index (χ2v) is 6.34. The van der Waals surface area contributed by atoms with E-state index in [4.69, 9.17) is 0 Å². The van der Waals surface area contributed by atoms with Gasteiger partial charge in [-0.3, -0.25) is 19.7 Å². The van der Waals surface area contributed by atoms with E-state index in [1.165, 1.54) is 19.1 Å². The molecule has 0 spiro atoms. The molecular weight excluding hydrogens is 292 g/mol. The lowest BCUT2D eigenvalue weighted by atomic mass is 10.1. The highest BCUT2D eigenvalue weighted by atomic mass is 32.2. The van der Waals surface area contributed by atoms with Crippen LogP contribution in [0.15, 0.2) is 18.2 Å². The van der Waals surface area contributed by atoms with E-state index in [0.717, 1.165) is 17.3 Å². The molecule has 1 aromatic rings. The number of carbonyl (C=O) groups is 2. The minimum absolute atomic E-state index is 0.0237. The number of benzene rings is 1.